The Balaban J connectivity index is 1.82. The van der Waals surface area contributed by atoms with Crippen LogP contribution in [0.5, 0.6) is 0 Å². The monoisotopic (exact) mass is 315 g/mol. The van der Waals surface area contributed by atoms with Crippen molar-refractivity contribution in [1.82, 2.24) is 4.98 Å². The van der Waals surface area contributed by atoms with E-state index in [9.17, 15) is 0 Å². The molecule has 0 saturated heterocycles. The van der Waals surface area contributed by atoms with Crippen LogP contribution in [-0.2, 0) is 0 Å². The van der Waals surface area contributed by atoms with Gasteiger partial charge >= 0.3 is 0 Å². The Kier molecular flexibility index (Phi) is 3.47. The van der Waals surface area contributed by atoms with Gasteiger partial charge in [-0.1, -0.05) is 59.7 Å². The molecule has 0 spiro atoms. The number of nitrogens with zero attached hydrogens (tertiary/aromatic N) is 1. The Morgan fingerprint density at radius 2 is 1.48 bits per heavy atom. The molecule has 0 amide bonds. The molecule has 0 aliphatic carbocycles. The molecule has 0 fully saturated rings. The lowest BCUT2D eigenvalue weighted by Crippen LogP contribution is -1.82. The minimum absolute atomic E-state index is 1.03. The largest absolute Gasteiger partial charge is 0.247 e. The SMILES string of the molecule is Cc1cc(C)cc(-c2cc3nc(-c4ccccc4)ccc3s2)c1. The zero-order valence-corrected chi connectivity index (χ0v) is 14.0. The van der Waals surface area contributed by atoms with E-state index in [-0.39, 0.29) is 0 Å². The molecule has 0 atom stereocenters. The van der Waals surface area contributed by atoms with Crippen LogP contribution in [0.25, 0.3) is 31.9 Å². The van der Waals surface area contributed by atoms with E-state index >= 15 is 0 Å². The average molecular weight is 315 g/mol. The number of aromatic nitrogens is 1. The highest BCUT2D eigenvalue weighted by Gasteiger charge is 2.08. The van der Waals surface area contributed by atoms with Crippen LogP contribution in [0.15, 0.2) is 66.7 Å². The fourth-order valence-electron chi connectivity index (χ4n) is 2.95. The quantitative estimate of drug-likeness (QED) is 0.426. The van der Waals surface area contributed by atoms with Gasteiger partial charge in [0.05, 0.1) is 15.9 Å². The Hall–Kier alpha value is -2.45. The number of aryl methyl sites for hydroxylation is 2. The highest BCUT2D eigenvalue weighted by atomic mass is 32.1. The number of benzene rings is 2. The molecule has 4 rings (SSSR count). The summed E-state index contributed by atoms with van der Waals surface area (Å²) in [6.45, 7) is 4.30. The van der Waals surface area contributed by atoms with Crippen molar-refractivity contribution in [3.8, 4) is 21.7 Å². The Morgan fingerprint density at radius 1 is 0.739 bits per heavy atom. The van der Waals surface area contributed by atoms with Crippen LogP contribution in [0.2, 0.25) is 0 Å². The van der Waals surface area contributed by atoms with Crippen molar-refractivity contribution in [2.75, 3.05) is 0 Å². The maximum atomic E-state index is 4.85. The molecule has 0 N–H and O–H groups in total. The van der Waals surface area contributed by atoms with Crippen molar-refractivity contribution in [3.05, 3.63) is 77.9 Å². The lowest BCUT2D eigenvalue weighted by Gasteiger charge is -2.01. The smallest absolute Gasteiger partial charge is 0.0823 e. The van der Waals surface area contributed by atoms with Gasteiger partial charge in [-0.25, -0.2) is 4.98 Å². The van der Waals surface area contributed by atoms with E-state index < -0.39 is 0 Å². The van der Waals surface area contributed by atoms with Crippen molar-refractivity contribution in [2.45, 2.75) is 13.8 Å². The number of pyridine rings is 1. The molecule has 0 unspecified atom stereocenters. The molecule has 23 heavy (non-hydrogen) atoms. The number of hydrogen-bond acceptors (Lipinski definition) is 2. The zero-order valence-electron chi connectivity index (χ0n) is 13.2. The Morgan fingerprint density at radius 3 is 2.22 bits per heavy atom. The van der Waals surface area contributed by atoms with Crippen molar-refractivity contribution in [1.29, 1.82) is 0 Å². The van der Waals surface area contributed by atoms with Crippen LogP contribution in [-0.4, -0.2) is 4.98 Å². The highest BCUT2D eigenvalue weighted by Crippen LogP contribution is 2.34. The number of fused-ring (bicyclic) bond motifs is 1. The summed E-state index contributed by atoms with van der Waals surface area (Å²) in [4.78, 5) is 6.13. The molecular weight excluding hydrogens is 298 g/mol. The summed E-state index contributed by atoms with van der Waals surface area (Å²) in [7, 11) is 0. The minimum Gasteiger partial charge on any atom is -0.247 e. The number of rotatable bonds is 2. The minimum atomic E-state index is 1.03. The predicted octanol–water partition coefficient (Wildman–Crippen LogP) is 6.25. The zero-order chi connectivity index (χ0) is 15.8. The second-order valence-electron chi connectivity index (χ2n) is 5.93. The average Bonchev–Trinajstić information content (AvgIpc) is 2.98. The molecule has 0 saturated carbocycles. The van der Waals surface area contributed by atoms with Gasteiger partial charge in [-0.15, -0.1) is 11.3 Å². The van der Waals surface area contributed by atoms with Gasteiger partial charge in [0.1, 0.15) is 0 Å². The molecular formula is C21H17NS. The molecule has 0 radical (unpaired) electrons. The molecule has 1 nitrogen and oxygen atoms in total. The third-order valence-electron chi connectivity index (χ3n) is 3.95. The van der Waals surface area contributed by atoms with Crippen molar-refractivity contribution in [3.63, 3.8) is 0 Å². The molecule has 0 aliphatic heterocycles. The van der Waals surface area contributed by atoms with E-state index in [0.29, 0.717) is 0 Å². The van der Waals surface area contributed by atoms with Gasteiger partial charge in [0.25, 0.3) is 0 Å². The summed E-state index contributed by atoms with van der Waals surface area (Å²) < 4.78 is 1.24. The Bertz CT molecular complexity index is 963. The first-order valence-electron chi connectivity index (χ1n) is 7.74. The molecule has 2 aromatic heterocycles. The van der Waals surface area contributed by atoms with Crippen molar-refractivity contribution < 1.29 is 0 Å². The van der Waals surface area contributed by atoms with Gasteiger partial charge < -0.3 is 0 Å². The third kappa shape index (κ3) is 2.78. The molecule has 2 heteroatoms. The lowest BCUT2D eigenvalue weighted by molar-refractivity contribution is 1.39. The second kappa shape index (κ2) is 5.64. The van der Waals surface area contributed by atoms with E-state index in [1.54, 1.807) is 0 Å². The summed E-state index contributed by atoms with van der Waals surface area (Å²) in [5.74, 6) is 0. The fourth-order valence-corrected chi connectivity index (χ4v) is 3.94. The Labute approximate surface area is 140 Å². The van der Waals surface area contributed by atoms with Crippen molar-refractivity contribution >= 4 is 21.6 Å². The predicted molar refractivity (Wildman–Crippen MR) is 100.0 cm³/mol. The third-order valence-corrected chi connectivity index (χ3v) is 5.09. The first kappa shape index (κ1) is 14.2. The van der Waals surface area contributed by atoms with Gasteiger partial charge in [-0.05, 0) is 37.6 Å². The summed E-state index contributed by atoms with van der Waals surface area (Å²) in [6, 6.07) is 23.5. The molecule has 112 valence electrons. The normalized spacial score (nSPS) is 11.0. The van der Waals surface area contributed by atoms with E-state index in [2.05, 4.69) is 74.5 Å². The molecule has 4 aromatic rings. The van der Waals surface area contributed by atoms with Crippen LogP contribution in [0.1, 0.15) is 11.1 Å². The van der Waals surface area contributed by atoms with Crippen LogP contribution in [0.3, 0.4) is 0 Å². The first-order valence-corrected chi connectivity index (χ1v) is 8.55. The fraction of sp³-hybridized carbons (Fsp3) is 0.0952. The van der Waals surface area contributed by atoms with E-state index in [1.165, 1.54) is 26.3 Å². The first-order chi connectivity index (χ1) is 11.2. The topological polar surface area (TPSA) is 12.9 Å². The maximum absolute atomic E-state index is 4.85. The summed E-state index contributed by atoms with van der Waals surface area (Å²) in [5, 5.41) is 0. The molecule has 0 bridgehead atoms. The molecule has 2 aromatic carbocycles. The molecule has 2 heterocycles. The maximum Gasteiger partial charge on any atom is 0.0823 e. The van der Waals surface area contributed by atoms with Gasteiger partial charge in [0, 0.05) is 10.4 Å². The van der Waals surface area contributed by atoms with Gasteiger partial charge in [-0.2, -0.15) is 0 Å². The number of hydrogen-bond donors (Lipinski definition) is 0. The van der Waals surface area contributed by atoms with Crippen LogP contribution >= 0.6 is 11.3 Å². The highest BCUT2D eigenvalue weighted by molar-refractivity contribution is 7.22. The van der Waals surface area contributed by atoms with E-state index in [1.807, 2.05) is 17.4 Å². The van der Waals surface area contributed by atoms with Gasteiger partial charge in [0.2, 0.25) is 0 Å². The lowest BCUT2D eigenvalue weighted by atomic mass is 10.1. The summed E-state index contributed by atoms with van der Waals surface area (Å²) in [5.41, 5.74) is 7.15. The number of thiophene rings is 1. The standard InChI is InChI=1S/C21H17NS/c1-14-10-15(2)12-17(11-14)21-13-19-20(23-21)9-8-18(22-19)16-6-4-3-5-7-16/h3-13H,1-2H3. The second-order valence-corrected chi connectivity index (χ2v) is 7.02. The van der Waals surface area contributed by atoms with Gasteiger partial charge in [-0.3, -0.25) is 0 Å². The van der Waals surface area contributed by atoms with E-state index in [0.717, 1.165) is 16.8 Å². The summed E-state index contributed by atoms with van der Waals surface area (Å²) in [6.07, 6.45) is 0. The van der Waals surface area contributed by atoms with Crippen LogP contribution < -0.4 is 0 Å². The van der Waals surface area contributed by atoms with Gasteiger partial charge in [0.15, 0.2) is 0 Å². The van der Waals surface area contributed by atoms with Crippen LogP contribution in [0.4, 0.5) is 0 Å². The molecule has 0 aliphatic rings. The van der Waals surface area contributed by atoms with E-state index in [4.69, 9.17) is 4.98 Å². The van der Waals surface area contributed by atoms with Crippen LogP contribution in [0, 0.1) is 13.8 Å². The van der Waals surface area contributed by atoms with Crippen molar-refractivity contribution in [2.24, 2.45) is 0 Å². The summed E-state index contributed by atoms with van der Waals surface area (Å²) >= 11 is 1.81.